The molecule has 0 fully saturated rings. The van der Waals surface area contributed by atoms with E-state index < -0.39 is 30.2 Å². The topological polar surface area (TPSA) is 184 Å². The molecule has 1 unspecified atom stereocenters. The number of nitrogens with one attached hydrogen (secondary N) is 2. The zero-order valence-electron chi connectivity index (χ0n) is 14.5. The standard InChI is InChI=1S/C16H21N5O6/c1-8(22)13(15(24)25)20-16(26)18-7-12-19-14(21-27-12)11(17)6-9-2-4-10(23)5-3-9/h2-5,8,11,13,22-23H,6-7,17H2,1H3,(H,24,25)(H2,18,20,26)/t8?,11-,13-/m0/s1. The maximum Gasteiger partial charge on any atom is 0.328 e. The van der Waals surface area contributed by atoms with E-state index in [9.17, 15) is 19.8 Å². The minimum atomic E-state index is -1.44. The largest absolute Gasteiger partial charge is 0.508 e. The third-order valence-electron chi connectivity index (χ3n) is 3.64. The molecule has 0 aliphatic carbocycles. The Morgan fingerprint density at radius 2 is 1.96 bits per heavy atom. The normalized spacial score (nSPS) is 14.2. The van der Waals surface area contributed by atoms with Gasteiger partial charge in [0.25, 0.3) is 0 Å². The smallest absolute Gasteiger partial charge is 0.328 e. The summed E-state index contributed by atoms with van der Waals surface area (Å²) in [6.07, 6.45) is -0.844. The van der Waals surface area contributed by atoms with Crippen molar-refractivity contribution in [2.24, 2.45) is 5.73 Å². The van der Waals surface area contributed by atoms with E-state index >= 15 is 0 Å². The first-order chi connectivity index (χ1) is 12.8. The van der Waals surface area contributed by atoms with E-state index in [-0.39, 0.29) is 24.0 Å². The number of urea groups is 1. The molecule has 1 aromatic heterocycles. The van der Waals surface area contributed by atoms with Crippen LogP contribution < -0.4 is 16.4 Å². The van der Waals surface area contributed by atoms with Gasteiger partial charge >= 0.3 is 12.0 Å². The van der Waals surface area contributed by atoms with Crippen molar-refractivity contribution in [1.29, 1.82) is 0 Å². The molecule has 146 valence electrons. The number of amides is 2. The number of benzene rings is 1. The van der Waals surface area contributed by atoms with E-state index in [1.165, 1.54) is 6.92 Å². The fourth-order valence-corrected chi connectivity index (χ4v) is 2.20. The number of hydrogen-bond acceptors (Lipinski definition) is 8. The Kier molecular flexibility index (Phi) is 6.68. The zero-order valence-corrected chi connectivity index (χ0v) is 14.5. The number of carbonyl (C=O) groups excluding carboxylic acids is 1. The Labute approximate surface area is 154 Å². The van der Waals surface area contributed by atoms with E-state index in [4.69, 9.17) is 15.4 Å². The number of carboxylic acid groups (broad SMARTS) is 1. The summed E-state index contributed by atoms with van der Waals surface area (Å²) in [5, 5.41) is 35.7. The molecule has 0 radical (unpaired) electrons. The summed E-state index contributed by atoms with van der Waals surface area (Å²) >= 11 is 0. The number of phenols is 1. The van der Waals surface area contributed by atoms with Crippen molar-refractivity contribution in [2.75, 3.05) is 0 Å². The minimum Gasteiger partial charge on any atom is -0.508 e. The lowest BCUT2D eigenvalue weighted by molar-refractivity contribution is -0.141. The van der Waals surface area contributed by atoms with Crippen molar-refractivity contribution in [3.05, 3.63) is 41.5 Å². The molecule has 2 rings (SSSR count). The van der Waals surface area contributed by atoms with Crippen LogP contribution in [0.2, 0.25) is 0 Å². The fourth-order valence-electron chi connectivity index (χ4n) is 2.20. The number of aliphatic hydroxyl groups excluding tert-OH is 1. The number of nitrogens with zero attached hydrogens (tertiary/aromatic N) is 2. The molecule has 1 heterocycles. The first-order valence-electron chi connectivity index (χ1n) is 8.07. The van der Waals surface area contributed by atoms with Gasteiger partial charge in [-0.05, 0) is 31.0 Å². The third kappa shape index (κ3) is 5.94. The van der Waals surface area contributed by atoms with Crippen LogP contribution in [0.1, 0.15) is 30.2 Å². The van der Waals surface area contributed by atoms with Crippen LogP contribution in [0.5, 0.6) is 5.75 Å². The number of carbonyl (C=O) groups is 2. The molecule has 0 aliphatic heterocycles. The average Bonchev–Trinajstić information content (AvgIpc) is 3.08. The second-order valence-corrected chi connectivity index (χ2v) is 5.91. The molecule has 1 aromatic carbocycles. The summed E-state index contributed by atoms with van der Waals surface area (Å²) in [6, 6.07) is 3.74. The van der Waals surface area contributed by atoms with Gasteiger partial charge < -0.3 is 36.2 Å². The molecule has 0 saturated carbocycles. The summed E-state index contributed by atoms with van der Waals surface area (Å²) in [4.78, 5) is 26.7. The molecule has 0 bridgehead atoms. The number of rotatable bonds is 8. The average molecular weight is 379 g/mol. The number of phenolic OH excluding ortho intramolecular Hbond substituents is 1. The van der Waals surface area contributed by atoms with Crippen LogP contribution >= 0.6 is 0 Å². The highest BCUT2D eigenvalue weighted by Gasteiger charge is 2.25. The van der Waals surface area contributed by atoms with Gasteiger partial charge in [0.05, 0.1) is 18.7 Å². The van der Waals surface area contributed by atoms with Crippen LogP contribution in [-0.4, -0.2) is 49.6 Å². The summed E-state index contributed by atoms with van der Waals surface area (Å²) in [6.45, 7) is 1.11. The second-order valence-electron chi connectivity index (χ2n) is 5.91. The van der Waals surface area contributed by atoms with E-state index in [1.54, 1.807) is 24.3 Å². The van der Waals surface area contributed by atoms with Crippen molar-refractivity contribution in [3.63, 3.8) is 0 Å². The van der Waals surface area contributed by atoms with Crippen LogP contribution in [0.25, 0.3) is 0 Å². The van der Waals surface area contributed by atoms with Crippen molar-refractivity contribution in [1.82, 2.24) is 20.8 Å². The number of aromatic hydroxyl groups is 1. The molecule has 27 heavy (non-hydrogen) atoms. The zero-order chi connectivity index (χ0) is 20.0. The van der Waals surface area contributed by atoms with Gasteiger partial charge in [-0.25, -0.2) is 9.59 Å². The Hall–Kier alpha value is -3.18. The maximum atomic E-state index is 11.7. The summed E-state index contributed by atoms with van der Waals surface area (Å²) in [5.74, 6) is -0.877. The lowest BCUT2D eigenvalue weighted by Gasteiger charge is -2.16. The molecule has 11 heteroatoms. The first kappa shape index (κ1) is 20.1. The van der Waals surface area contributed by atoms with Gasteiger partial charge in [0.15, 0.2) is 11.9 Å². The Bertz CT molecular complexity index is 776. The molecule has 2 amide bonds. The molecule has 0 saturated heterocycles. The second kappa shape index (κ2) is 8.96. The van der Waals surface area contributed by atoms with Crippen LogP contribution in [0.15, 0.2) is 28.8 Å². The fraction of sp³-hybridized carbons (Fsp3) is 0.375. The van der Waals surface area contributed by atoms with Crippen molar-refractivity contribution < 1.29 is 29.4 Å². The van der Waals surface area contributed by atoms with Gasteiger partial charge in [-0.15, -0.1) is 0 Å². The molecular weight excluding hydrogens is 358 g/mol. The van der Waals surface area contributed by atoms with Crippen LogP contribution in [0, 0.1) is 0 Å². The van der Waals surface area contributed by atoms with E-state index in [0.717, 1.165) is 5.56 Å². The van der Waals surface area contributed by atoms with Crippen LogP contribution in [0.3, 0.4) is 0 Å². The van der Waals surface area contributed by atoms with Gasteiger partial charge in [0, 0.05) is 0 Å². The molecule has 11 nitrogen and oxygen atoms in total. The number of carboxylic acids is 1. The predicted molar refractivity (Wildman–Crippen MR) is 91.5 cm³/mol. The SMILES string of the molecule is CC(O)[C@H](NC(=O)NCc1nc([C@@H](N)Cc2ccc(O)cc2)no1)C(=O)O. The highest BCUT2D eigenvalue weighted by Crippen LogP contribution is 2.16. The van der Waals surface area contributed by atoms with E-state index in [1.807, 2.05) is 0 Å². The van der Waals surface area contributed by atoms with E-state index in [0.29, 0.717) is 6.42 Å². The molecule has 2 aromatic rings. The molecule has 7 N–H and O–H groups in total. The van der Waals surface area contributed by atoms with Crippen molar-refractivity contribution in [3.8, 4) is 5.75 Å². The monoisotopic (exact) mass is 379 g/mol. The molecule has 3 atom stereocenters. The predicted octanol–water partition coefficient (Wildman–Crippen LogP) is -0.349. The van der Waals surface area contributed by atoms with Gasteiger partial charge in [-0.1, -0.05) is 17.3 Å². The number of hydrogen-bond donors (Lipinski definition) is 6. The lowest BCUT2D eigenvalue weighted by atomic mass is 10.1. The van der Waals surface area contributed by atoms with Crippen LogP contribution in [0.4, 0.5) is 4.79 Å². The summed E-state index contributed by atoms with van der Waals surface area (Å²) in [7, 11) is 0. The lowest BCUT2D eigenvalue weighted by Crippen LogP contribution is -2.51. The molecule has 0 aliphatic rings. The number of nitrogens with two attached hydrogens (primary N) is 1. The van der Waals surface area contributed by atoms with Crippen molar-refractivity contribution >= 4 is 12.0 Å². The Balaban J connectivity index is 1.87. The number of aliphatic carboxylic acids is 1. The van der Waals surface area contributed by atoms with Crippen LogP contribution in [-0.2, 0) is 17.8 Å². The van der Waals surface area contributed by atoms with Crippen molar-refractivity contribution in [2.45, 2.75) is 38.1 Å². The number of aliphatic hydroxyl groups is 1. The number of aromatic nitrogens is 2. The Morgan fingerprint density at radius 3 is 2.56 bits per heavy atom. The summed E-state index contributed by atoms with van der Waals surface area (Å²) < 4.78 is 5.00. The molecule has 0 spiro atoms. The minimum absolute atomic E-state index is 0.0882. The Morgan fingerprint density at radius 1 is 1.30 bits per heavy atom. The summed E-state index contributed by atoms with van der Waals surface area (Å²) in [5.41, 5.74) is 6.90. The van der Waals surface area contributed by atoms with Gasteiger partial charge in [-0.2, -0.15) is 4.98 Å². The quantitative estimate of drug-likeness (QED) is 0.357. The highest BCUT2D eigenvalue weighted by molar-refractivity contribution is 5.82. The van der Waals surface area contributed by atoms with Gasteiger partial charge in [0.1, 0.15) is 5.75 Å². The molecular formula is C16H21N5O6. The van der Waals surface area contributed by atoms with E-state index in [2.05, 4.69) is 20.8 Å². The third-order valence-corrected chi connectivity index (χ3v) is 3.64. The first-order valence-corrected chi connectivity index (χ1v) is 8.07. The highest BCUT2D eigenvalue weighted by atomic mass is 16.5. The maximum absolute atomic E-state index is 11.7. The van der Waals surface area contributed by atoms with Gasteiger partial charge in [0.2, 0.25) is 5.89 Å². The van der Waals surface area contributed by atoms with Gasteiger partial charge in [-0.3, -0.25) is 0 Å².